The van der Waals surface area contributed by atoms with Gasteiger partial charge in [-0.2, -0.15) is 0 Å². The number of methoxy groups -OCH3 is 1. The summed E-state index contributed by atoms with van der Waals surface area (Å²) in [6.45, 7) is 7.76. The number of aliphatic hydroxyl groups excluding tert-OH is 1. The summed E-state index contributed by atoms with van der Waals surface area (Å²) in [4.78, 5) is 37.0. The molecule has 2 rings (SSSR count). The molecule has 0 saturated carbocycles. The zero-order valence-corrected chi connectivity index (χ0v) is 19.4. The number of anilines is 1. The minimum absolute atomic E-state index is 0.158. The third-order valence-corrected chi connectivity index (χ3v) is 4.65. The van der Waals surface area contributed by atoms with Gasteiger partial charge in [-0.25, -0.2) is 14.4 Å². The standard InChI is InChI=1S/C23H29NO11/c1-5-11-30-22(27)34-18-17(33-21(26)24-15-9-7-14(3)8-10-15)16(13-25)32-20(29-4)19(18)35-23(28)31-12-6-2/h5-10,16-20,25H,1-2,11-13H2,3-4H3,(H,24,26)/t16-,17-,18+,19-,20+/m1/s1. The summed E-state index contributed by atoms with van der Waals surface area (Å²) < 4.78 is 36.5. The van der Waals surface area contributed by atoms with Crippen LogP contribution >= 0.6 is 0 Å². The van der Waals surface area contributed by atoms with Crippen molar-refractivity contribution >= 4 is 24.1 Å². The summed E-state index contributed by atoms with van der Waals surface area (Å²) in [7, 11) is 1.24. The molecule has 5 atom stereocenters. The average molecular weight is 495 g/mol. The Morgan fingerprint density at radius 1 is 0.971 bits per heavy atom. The summed E-state index contributed by atoms with van der Waals surface area (Å²) in [5.74, 6) is 0. The van der Waals surface area contributed by atoms with Crippen molar-refractivity contribution in [2.24, 2.45) is 0 Å². The summed E-state index contributed by atoms with van der Waals surface area (Å²) in [5.41, 5.74) is 1.40. The van der Waals surface area contributed by atoms with Crippen LogP contribution in [0.5, 0.6) is 0 Å². The molecule has 1 amide bonds. The molecule has 12 heteroatoms. The van der Waals surface area contributed by atoms with Gasteiger partial charge in [0.2, 0.25) is 0 Å². The normalized spacial score (nSPS) is 23.3. The number of nitrogens with one attached hydrogen (secondary N) is 1. The van der Waals surface area contributed by atoms with Crippen molar-refractivity contribution in [2.75, 3.05) is 32.2 Å². The third-order valence-electron chi connectivity index (χ3n) is 4.65. The van der Waals surface area contributed by atoms with Gasteiger partial charge in [0.1, 0.15) is 19.3 Å². The number of amides is 1. The Kier molecular flexibility index (Phi) is 11.0. The highest BCUT2D eigenvalue weighted by molar-refractivity contribution is 5.84. The van der Waals surface area contributed by atoms with E-state index in [4.69, 9.17) is 33.2 Å². The predicted molar refractivity (Wildman–Crippen MR) is 121 cm³/mol. The van der Waals surface area contributed by atoms with Crippen molar-refractivity contribution in [2.45, 2.75) is 37.6 Å². The van der Waals surface area contributed by atoms with Crippen LogP contribution in [0.4, 0.5) is 20.1 Å². The first-order valence-corrected chi connectivity index (χ1v) is 10.5. The van der Waals surface area contributed by atoms with Crippen LogP contribution in [-0.4, -0.2) is 81.1 Å². The molecule has 1 aliphatic rings. The molecule has 35 heavy (non-hydrogen) atoms. The lowest BCUT2D eigenvalue weighted by Crippen LogP contribution is -2.63. The van der Waals surface area contributed by atoms with E-state index in [0.717, 1.165) is 5.56 Å². The van der Waals surface area contributed by atoms with Gasteiger partial charge in [0.15, 0.2) is 24.6 Å². The molecule has 192 valence electrons. The summed E-state index contributed by atoms with van der Waals surface area (Å²) >= 11 is 0. The maximum atomic E-state index is 12.6. The second-order valence-corrected chi connectivity index (χ2v) is 7.19. The minimum Gasteiger partial charge on any atom is -0.439 e. The molecule has 1 aromatic rings. The van der Waals surface area contributed by atoms with E-state index in [1.54, 1.807) is 24.3 Å². The van der Waals surface area contributed by atoms with Crippen LogP contribution in [0.3, 0.4) is 0 Å². The van der Waals surface area contributed by atoms with Crippen molar-refractivity contribution in [3.8, 4) is 0 Å². The van der Waals surface area contributed by atoms with Crippen LogP contribution in [0, 0.1) is 6.92 Å². The van der Waals surface area contributed by atoms with Gasteiger partial charge in [-0.05, 0) is 19.1 Å². The number of aryl methyl sites for hydroxylation is 1. The van der Waals surface area contributed by atoms with Crippen molar-refractivity contribution in [1.82, 2.24) is 0 Å². The number of hydrogen-bond acceptors (Lipinski definition) is 11. The lowest BCUT2D eigenvalue weighted by Gasteiger charge is -2.43. The molecule has 1 fully saturated rings. The van der Waals surface area contributed by atoms with Crippen LogP contribution in [0.15, 0.2) is 49.6 Å². The summed E-state index contributed by atoms with van der Waals surface area (Å²) in [5, 5.41) is 12.4. The number of benzene rings is 1. The average Bonchev–Trinajstić information content (AvgIpc) is 2.84. The number of hydrogen-bond donors (Lipinski definition) is 2. The first-order chi connectivity index (χ1) is 16.8. The Hall–Kier alpha value is -3.61. The maximum absolute atomic E-state index is 12.6. The molecule has 1 saturated heterocycles. The second kappa shape index (κ2) is 13.9. The fraction of sp³-hybridized carbons (Fsp3) is 0.435. The SMILES string of the molecule is C=CCOC(=O)O[C@@H]1[C@@H](OC(=O)OCC=C)[C@@H](OC)O[C@H](CO)[C@H]1OC(=O)Nc1ccc(C)cc1. The molecule has 1 aromatic carbocycles. The lowest BCUT2D eigenvalue weighted by molar-refractivity contribution is -0.295. The molecule has 2 N–H and O–H groups in total. The lowest BCUT2D eigenvalue weighted by atomic mass is 9.98. The zero-order valence-electron chi connectivity index (χ0n) is 19.4. The molecule has 1 aliphatic heterocycles. The monoisotopic (exact) mass is 495 g/mol. The Labute approximate surface area is 202 Å². The van der Waals surface area contributed by atoms with E-state index in [1.807, 2.05) is 6.92 Å². The highest BCUT2D eigenvalue weighted by Crippen LogP contribution is 2.30. The van der Waals surface area contributed by atoms with E-state index in [0.29, 0.717) is 5.69 Å². The van der Waals surface area contributed by atoms with Crippen LogP contribution in [0.2, 0.25) is 0 Å². The topological polar surface area (TPSA) is 148 Å². The first kappa shape index (κ1) is 27.6. The van der Waals surface area contributed by atoms with Crippen LogP contribution in [-0.2, 0) is 33.2 Å². The minimum atomic E-state index is -1.51. The second-order valence-electron chi connectivity index (χ2n) is 7.19. The predicted octanol–water partition coefficient (Wildman–Crippen LogP) is 2.69. The number of carbonyl (C=O) groups excluding carboxylic acids is 3. The molecule has 12 nitrogen and oxygen atoms in total. The van der Waals surface area contributed by atoms with Gasteiger partial charge in [-0.3, -0.25) is 5.32 Å². The van der Waals surface area contributed by atoms with Gasteiger partial charge < -0.3 is 38.3 Å². The quantitative estimate of drug-likeness (QED) is 0.280. The number of aliphatic hydroxyl groups is 1. The molecule has 0 aliphatic carbocycles. The van der Waals surface area contributed by atoms with Crippen LogP contribution in [0.25, 0.3) is 0 Å². The van der Waals surface area contributed by atoms with Crippen molar-refractivity contribution < 1.29 is 52.6 Å². The molecule has 1 heterocycles. The molecular formula is C23H29NO11. The largest absolute Gasteiger partial charge is 0.509 e. The molecule has 0 bridgehead atoms. The number of carbonyl (C=O) groups is 3. The summed E-state index contributed by atoms with van der Waals surface area (Å²) in [6.07, 6.45) is -7.60. The number of ether oxygens (including phenoxy) is 7. The van der Waals surface area contributed by atoms with Crippen molar-refractivity contribution in [3.63, 3.8) is 0 Å². The molecule has 0 aromatic heterocycles. The van der Waals surface area contributed by atoms with Gasteiger partial charge >= 0.3 is 18.4 Å². The van der Waals surface area contributed by atoms with Crippen molar-refractivity contribution in [3.05, 3.63) is 55.1 Å². The molecule has 0 unspecified atom stereocenters. The number of rotatable bonds is 10. The fourth-order valence-electron chi connectivity index (χ4n) is 3.07. The van der Waals surface area contributed by atoms with Crippen molar-refractivity contribution in [1.29, 1.82) is 0 Å². The molecule has 0 spiro atoms. The smallest absolute Gasteiger partial charge is 0.439 e. The van der Waals surface area contributed by atoms with E-state index < -0.39 is 55.7 Å². The van der Waals surface area contributed by atoms with Gasteiger partial charge in [0, 0.05) is 12.8 Å². The summed E-state index contributed by atoms with van der Waals surface area (Å²) in [6, 6.07) is 6.86. The fourth-order valence-corrected chi connectivity index (χ4v) is 3.07. The van der Waals surface area contributed by atoms with E-state index in [2.05, 4.69) is 18.5 Å². The maximum Gasteiger partial charge on any atom is 0.509 e. The highest BCUT2D eigenvalue weighted by atomic mass is 16.8. The Morgan fingerprint density at radius 3 is 2.06 bits per heavy atom. The third kappa shape index (κ3) is 8.28. The van der Waals surface area contributed by atoms with E-state index in [1.165, 1.54) is 19.3 Å². The Bertz CT molecular complexity index is 873. The van der Waals surface area contributed by atoms with E-state index in [-0.39, 0.29) is 13.2 Å². The molecular weight excluding hydrogens is 466 g/mol. The van der Waals surface area contributed by atoms with E-state index >= 15 is 0 Å². The first-order valence-electron chi connectivity index (χ1n) is 10.5. The van der Waals surface area contributed by atoms with Gasteiger partial charge in [0.25, 0.3) is 0 Å². The molecule has 0 radical (unpaired) electrons. The van der Waals surface area contributed by atoms with Gasteiger partial charge in [-0.15, -0.1) is 0 Å². The van der Waals surface area contributed by atoms with Crippen LogP contribution < -0.4 is 5.32 Å². The van der Waals surface area contributed by atoms with Crippen LogP contribution in [0.1, 0.15) is 5.56 Å². The van der Waals surface area contributed by atoms with Gasteiger partial charge in [-0.1, -0.05) is 43.0 Å². The zero-order chi connectivity index (χ0) is 25.8. The highest BCUT2D eigenvalue weighted by Gasteiger charge is 2.53. The Morgan fingerprint density at radius 2 is 1.54 bits per heavy atom. The van der Waals surface area contributed by atoms with E-state index in [9.17, 15) is 19.5 Å². The Balaban J connectivity index is 2.30. The van der Waals surface area contributed by atoms with Gasteiger partial charge in [0.05, 0.1) is 6.61 Å².